The van der Waals surface area contributed by atoms with Gasteiger partial charge in [0.05, 0.1) is 5.69 Å². The van der Waals surface area contributed by atoms with E-state index in [4.69, 9.17) is 4.99 Å². The van der Waals surface area contributed by atoms with E-state index in [0.717, 1.165) is 43.1 Å². The predicted octanol–water partition coefficient (Wildman–Crippen LogP) is 3.22. The number of hydrogen-bond acceptors (Lipinski definition) is 2. The largest absolute Gasteiger partial charge is 0.357 e. The molecule has 140 valence electrons. The van der Waals surface area contributed by atoms with E-state index in [1.807, 2.05) is 0 Å². The van der Waals surface area contributed by atoms with Crippen molar-refractivity contribution in [3.8, 4) is 0 Å². The van der Waals surface area contributed by atoms with Gasteiger partial charge in [0, 0.05) is 38.4 Å². The first-order valence-electron chi connectivity index (χ1n) is 10.1. The monoisotopic (exact) mass is 345 g/mol. The molecule has 5 heteroatoms. The Kier molecular flexibility index (Phi) is 6.02. The van der Waals surface area contributed by atoms with Gasteiger partial charge in [-0.25, -0.2) is 0 Å². The zero-order valence-corrected chi connectivity index (χ0v) is 16.5. The summed E-state index contributed by atoms with van der Waals surface area (Å²) >= 11 is 0. The second-order valence-corrected chi connectivity index (χ2v) is 8.12. The Balaban J connectivity index is 1.59. The highest BCUT2D eigenvalue weighted by Crippen LogP contribution is 2.35. The molecule has 1 aromatic rings. The van der Waals surface area contributed by atoms with Crippen LogP contribution in [0.5, 0.6) is 0 Å². The van der Waals surface area contributed by atoms with Crippen LogP contribution in [0, 0.1) is 31.6 Å². The molecule has 0 bridgehead atoms. The molecule has 3 rings (SSSR count). The summed E-state index contributed by atoms with van der Waals surface area (Å²) in [7, 11) is 0. The van der Waals surface area contributed by atoms with Gasteiger partial charge in [0.1, 0.15) is 0 Å². The van der Waals surface area contributed by atoms with Crippen molar-refractivity contribution in [3.05, 3.63) is 17.5 Å². The van der Waals surface area contributed by atoms with Crippen molar-refractivity contribution in [1.82, 2.24) is 20.0 Å². The molecule has 1 saturated carbocycles. The van der Waals surface area contributed by atoms with Crippen LogP contribution in [0.2, 0.25) is 0 Å². The van der Waals surface area contributed by atoms with Crippen LogP contribution in [0.25, 0.3) is 0 Å². The number of nitrogens with one attached hydrogen (secondary N) is 1. The maximum atomic E-state index is 4.98. The summed E-state index contributed by atoms with van der Waals surface area (Å²) in [4.78, 5) is 7.49. The van der Waals surface area contributed by atoms with Gasteiger partial charge in [0.25, 0.3) is 0 Å². The molecule has 0 radical (unpaired) electrons. The molecule has 0 amide bonds. The maximum Gasteiger partial charge on any atom is 0.193 e. The average Bonchev–Trinajstić information content (AvgIpc) is 3.14. The molecule has 5 nitrogen and oxygen atoms in total. The summed E-state index contributed by atoms with van der Waals surface area (Å²) in [5.41, 5.74) is 2.34. The molecular weight excluding hydrogens is 310 g/mol. The quantitative estimate of drug-likeness (QED) is 0.658. The van der Waals surface area contributed by atoms with Crippen molar-refractivity contribution < 1.29 is 0 Å². The zero-order valence-electron chi connectivity index (χ0n) is 16.5. The Hall–Kier alpha value is -1.52. The van der Waals surface area contributed by atoms with Crippen LogP contribution in [0.1, 0.15) is 50.9 Å². The number of rotatable bonds is 5. The topological polar surface area (TPSA) is 45.5 Å². The van der Waals surface area contributed by atoms with Crippen LogP contribution in [0.3, 0.4) is 0 Å². The fourth-order valence-corrected chi connectivity index (χ4v) is 4.46. The molecule has 2 fully saturated rings. The fourth-order valence-electron chi connectivity index (χ4n) is 4.46. The highest BCUT2D eigenvalue weighted by Gasteiger charge is 2.35. The number of nitrogens with zero attached hydrogens (tertiary/aromatic N) is 4. The molecule has 1 saturated heterocycles. The number of aliphatic imine (C=N–C) groups is 1. The minimum absolute atomic E-state index is 0.483. The molecule has 2 aliphatic rings. The second-order valence-electron chi connectivity index (χ2n) is 8.12. The summed E-state index contributed by atoms with van der Waals surface area (Å²) in [6.07, 6.45) is 5.66. The Labute approximate surface area is 152 Å². The Morgan fingerprint density at radius 1 is 1.28 bits per heavy atom. The number of fused-ring (bicyclic) bond motifs is 1. The Morgan fingerprint density at radius 2 is 1.96 bits per heavy atom. The second kappa shape index (κ2) is 8.24. The summed E-state index contributed by atoms with van der Waals surface area (Å²) in [6, 6.07) is 2.14. The first kappa shape index (κ1) is 18.3. The van der Waals surface area contributed by atoms with Crippen molar-refractivity contribution in [2.45, 2.75) is 59.9 Å². The summed E-state index contributed by atoms with van der Waals surface area (Å²) in [5, 5.41) is 8.10. The third-order valence-corrected chi connectivity index (χ3v) is 5.75. The molecule has 1 aliphatic carbocycles. The number of guanidine groups is 1. The molecule has 0 aromatic carbocycles. The molecule has 25 heavy (non-hydrogen) atoms. The van der Waals surface area contributed by atoms with Gasteiger partial charge in [-0.2, -0.15) is 5.10 Å². The van der Waals surface area contributed by atoms with E-state index in [1.165, 1.54) is 44.5 Å². The summed E-state index contributed by atoms with van der Waals surface area (Å²) in [6.45, 7) is 13.8. The zero-order chi connectivity index (χ0) is 17.8. The van der Waals surface area contributed by atoms with Crippen LogP contribution in [-0.4, -0.2) is 46.8 Å². The lowest BCUT2D eigenvalue weighted by atomic mass is 9.82. The van der Waals surface area contributed by atoms with Crippen LogP contribution in [0.4, 0.5) is 0 Å². The van der Waals surface area contributed by atoms with Crippen LogP contribution in [0.15, 0.2) is 11.1 Å². The summed E-state index contributed by atoms with van der Waals surface area (Å²) < 4.78 is 2.12. The van der Waals surface area contributed by atoms with Crippen LogP contribution >= 0.6 is 0 Å². The van der Waals surface area contributed by atoms with E-state index in [9.17, 15) is 0 Å². The van der Waals surface area contributed by atoms with Gasteiger partial charge in [-0.05, 0) is 57.4 Å². The van der Waals surface area contributed by atoms with E-state index in [-0.39, 0.29) is 0 Å². The molecule has 2 heterocycles. The van der Waals surface area contributed by atoms with Gasteiger partial charge in [-0.3, -0.25) is 9.67 Å². The highest BCUT2D eigenvalue weighted by atomic mass is 15.3. The molecule has 3 atom stereocenters. The van der Waals surface area contributed by atoms with Crippen molar-refractivity contribution in [1.29, 1.82) is 0 Å². The first-order chi connectivity index (χ1) is 12.1. The lowest BCUT2D eigenvalue weighted by molar-refractivity contribution is 0.299. The van der Waals surface area contributed by atoms with E-state index in [0.29, 0.717) is 5.92 Å². The lowest BCUT2D eigenvalue weighted by Crippen LogP contribution is -2.40. The van der Waals surface area contributed by atoms with Crippen molar-refractivity contribution in [2.24, 2.45) is 22.7 Å². The van der Waals surface area contributed by atoms with Gasteiger partial charge >= 0.3 is 0 Å². The minimum atomic E-state index is 0.483. The average molecular weight is 346 g/mol. The number of hydrogen-bond donors (Lipinski definition) is 1. The highest BCUT2D eigenvalue weighted by molar-refractivity contribution is 5.80. The predicted molar refractivity (Wildman–Crippen MR) is 104 cm³/mol. The molecule has 1 N–H and O–H groups in total. The number of aromatic nitrogens is 2. The normalized spacial score (nSPS) is 25.1. The molecule has 1 aliphatic heterocycles. The molecule has 1 aromatic heterocycles. The standard InChI is InChI=1S/C20H35N5/c1-5-21-20(24-13-18-8-6-7-9-19(18)14-24)22-11-15(2)12-25-17(4)10-16(3)23-25/h10,15,18-19H,5-9,11-14H2,1-4H3,(H,21,22). The fraction of sp³-hybridized carbons (Fsp3) is 0.800. The maximum absolute atomic E-state index is 4.98. The lowest BCUT2D eigenvalue weighted by Gasteiger charge is -2.22. The smallest absolute Gasteiger partial charge is 0.193 e. The van der Waals surface area contributed by atoms with Gasteiger partial charge < -0.3 is 10.2 Å². The Morgan fingerprint density at radius 3 is 2.52 bits per heavy atom. The van der Waals surface area contributed by atoms with E-state index in [2.05, 4.69) is 53.8 Å². The number of aryl methyl sites for hydroxylation is 2. The van der Waals surface area contributed by atoms with E-state index < -0.39 is 0 Å². The van der Waals surface area contributed by atoms with Gasteiger partial charge in [0.2, 0.25) is 0 Å². The van der Waals surface area contributed by atoms with Crippen molar-refractivity contribution in [2.75, 3.05) is 26.2 Å². The van der Waals surface area contributed by atoms with E-state index in [1.54, 1.807) is 0 Å². The van der Waals surface area contributed by atoms with Crippen molar-refractivity contribution >= 4 is 5.96 Å². The minimum Gasteiger partial charge on any atom is -0.357 e. The third-order valence-electron chi connectivity index (χ3n) is 5.75. The molecule has 0 spiro atoms. The van der Waals surface area contributed by atoms with Crippen molar-refractivity contribution in [3.63, 3.8) is 0 Å². The van der Waals surface area contributed by atoms with E-state index >= 15 is 0 Å². The number of likely N-dealkylation sites (tertiary alicyclic amines) is 1. The van der Waals surface area contributed by atoms with Crippen LogP contribution < -0.4 is 5.32 Å². The molecular formula is C20H35N5. The van der Waals surface area contributed by atoms with Gasteiger partial charge in [0.15, 0.2) is 5.96 Å². The third kappa shape index (κ3) is 4.56. The van der Waals surface area contributed by atoms with Crippen LogP contribution in [-0.2, 0) is 6.54 Å². The summed E-state index contributed by atoms with van der Waals surface area (Å²) in [5.74, 6) is 3.39. The Bertz CT molecular complexity index is 577. The first-order valence-corrected chi connectivity index (χ1v) is 10.1. The SMILES string of the molecule is CCNC(=NCC(C)Cn1nc(C)cc1C)N1CC2CCCCC2C1. The van der Waals surface area contributed by atoms with Gasteiger partial charge in [-0.15, -0.1) is 0 Å². The molecule has 3 unspecified atom stereocenters. The van der Waals surface area contributed by atoms with Gasteiger partial charge in [-0.1, -0.05) is 19.8 Å².